The first-order valence-electron chi connectivity index (χ1n) is 8.10. The Hall–Kier alpha value is -2.54. The molecule has 0 bridgehead atoms. The van der Waals surface area contributed by atoms with Crippen LogP contribution in [0.25, 0.3) is 0 Å². The summed E-state index contributed by atoms with van der Waals surface area (Å²) in [5, 5.41) is 3.24. The Morgan fingerprint density at radius 2 is 1.79 bits per heavy atom. The summed E-state index contributed by atoms with van der Waals surface area (Å²) in [7, 11) is 0. The Morgan fingerprint density at radius 1 is 0.958 bits per heavy atom. The topological polar surface area (TPSA) is 74.7 Å². The predicted octanol–water partition coefficient (Wildman–Crippen LogP) is 2.55. The summed E-state index contributed by atoms with van der Waals surface area (Å²) < 4.78 is 22.4. The molecule has 0 atom stereocenters. The highest BCUT2D eigenvalue weighted by Gasteiger charge is 2.16. The van der Waals surface area contributed by atoms with E-state index in [0.717, 1.165) is 43.2 Å². The fourth-order valence-corrected chi connectivity index (χ4v) is 2.71. The van der Waals surface area contributed by atoms with Gasteiger partial charge in [-0.15, -0.1) is 0 Å². The van der Waals surface area contributed by atoms with E-state index in [4.69, 9.17) is 18.9 Å². The molecule has 2 aliphatic rings. The van der Waals surface area contributed by atoms with Crippen molar-refractivity contribution in [1.29, 1.82) is 0 Å². The van der Waals surface area contributed by atoms with Gasteiger partial charge in [0.05, 0.1) is 13.2 Å². The third-order valence-electron chi connectivity index (χ3n) is 3.91. The Kier molecular flexibility index (Phi) is 4.33. The summed E-state index contributed by atoms with van der Waals surface area (Å²) in [6.45, 7) is 2.61. The lowest BCUT2D eigenvalue weighted by Gasteiger charge is -2.22. The lowest BCUT2D eigenvalue weighted by molar-refractivity contribution is 0.0237. The first-order valence-corrected chi connectivity index (χ1v) is 8.10. The smallest absolute Gasteiger partial charge is 0.218 e. The fourth-order valence-electron chi connectivity index (χ4n) is 2.71. The molecule has 0 amide bonds. The van der Waals surface area contributed by atoms with Crippen LogP contribution >= 0.6 is 0 Å². The first-order chi connectivity index (χ1) is 11.9. The zero-order valence-corrected chi connectivity index (χ0v) is 13.2. The van der Waals surface area contributed by atoms with Crippen LogP contribution in [0.1, 0.15) is 12.8 Å². The number of aromatic nitrogens is 2. The number of nitrogens with one attached hydrogen (secondary N) is 1. The van der Waals surface area contributed by atoms with Crippen LogP contribution in [0.3, 0.4) is 0 Å². The molecule has 1 saturated heterocycles. The molecule has 126 valence electrons. The van der Waals surface area contributed by atoms with E-state index >= 15 is 0 Å². The molecule has 0 unspecified atom stereocenters. The zero-order valence-electron chi connectivity index (χ0n) is 13.2. The number of ether oxygens (including phenoxy) is 4. The van der Waals surface area contributed by atoms with E-state index in [1.807, 2.05) is 18.2 Å². The molecule has 3 heterocycles. The molecule has 4 rings (SSSR count). The van der Waals surface area contributed by atoms with Crippen molar-refractivity contribution < 1.29 is 18.9 Å². The van der Waals surface area contributed by atoms with E-state index in [9.17, 15) is 0 Å². The van der Waals surface area contributed by atoms with Gasteiger partial charge in [0.2, 0.25) is 5.88 Å². The Balaban J connectivity index is 1.45. The van der Waals surface area contributed by atoms with Gasteiger partial charge in [-0.25, -0.2) is 9.97 Å². The maximum atomic E-state index is 5.91. The molecule has 7 nitrogen and oxygen atoms in total. The molecule has 7 heteroatoms. The van der Waals surface area contributed by atoms with Crippen LogP contribution in [0.4, 0.5) is 11.5 Å². The van der Waals surface area contributed by atoms with Gasteiger partial charge in [0.15, 0.2) is 11.5 Å². The second-order valence-electron chi connectivity index (χ2n) is 5.65. The highest BCUT2D eigenvalue weighted by Crippen LogP contribution is 2.33. The third kappa shape index (κ3) is 3.51. The molecule has 2 aromatic rings. The van der Waals surface area contributed by atoms with E-state index in [-0.39, 0.29) is 6.10 Å². The largest absolute Gasteiger partial charge is 0.486 e. The second kappa shape index (κ2) is 6.92. The summed E-state index contributed by atoms with van der Waals surface area (Å²) in [6.07, 6.45) is 3.41. The van der Waals surface area contributed by atoms with Gasteiger partial charge in [-0.3, -0.25) is 0 Å². The van der Waals surface area contributed by atoms with E-state index in [1.165, 1.54) is 6.33 Å². The van der Waals surface area contributed by atoms with Gasteiger partial charge < -0.3 is 24.3 Å². The maximum Gasteiger partial charge on any atom is 0.218 e. The van der Waals surface area contributed by atoms with Gasteiger partial charge in [0.25, 0.3) is 0 Å². The standard InChI is InChI=1S/C17H19N3O4/c1-2-14-15(23-8-7-22-14)9-12(1)20-16-10-17(19-11-18-16)24-13-3-5-21-6-4-13/h1-2,9-11,13H,3-8H2,(H,18,19,20). The molecule has 0 spiro atoms. The lowest BCUT2D eigenvalue weighted by atomic mass is 10.2. The van der Waals surface area contributed by atoms with E-state index in [0.29, 0.717) is 24.9 Å². The molecule has 24 heavy (non-hydrogen) atoms. The molecule has 1 aromatic carbocycles. The summed E-state index contributed by atoms with van der Waals surface area (Å²) in [5.74, 6) is 2.73. The van der Waals surface area contributed by atoms with Crippen molar-refractivity contribution in [2.24, 2.45) is 0 Å². The van der Waals surface area contributed by atoms with Crippen LogP contribution in [0.2, 0.25) is 0 Å². The average molecular weight is 329 g/mol. The summed E-state index contributed by atoms with van der Waals surface area (Å²) in [4.78, 5) is 8.43. The number of hydrogen-bond acceptors (Lipinski definition) is 7. The molecule has 1 fully saturated rings. The zero-order chi connectivity index (χ0) is 16.2. The van der Waals surface area contributed by atoms with Crippen LogP contribution in [-0.2, 0) is 4.74 Å². The van der Waals surface area contributed by atoms with E-state index in [1.54, 1.807) is 6.07 Å². The minimum Gasteiger partial charge on any atom is -0.486 e. The fraction of sp³-hybridized carbons (Fsp3) is 0.412. The van der Waals surface area contributed by atoms with Crippen molar-refractivity contribution in [3.05, 3.63) is 30.6 Å². The van der Waals surface area contributed by atoms with Gasteiger partial charge in [-0.1, -0.05) is 0 Å². The van der Waals surface area contributed by atoms with Gasteiger partial charge in [-0.2, -0.15) is 0 Å². The number of nitrogens with zero attached hydrogens (tertiary/aromatic N) is 2. The van der Waals surface area contributed by atoms with Crippen LogP contribution in [-0.4, -0.2) is 42.5 Å². The van der Waals surface area contributed by atoms with Crippen molar-refractivity contribution in [2.75, 3.05) is 31.7 Å². The highest BCUT2D eigenvalue weighted by atomic mass is 16.6. The number of anilines is 2. The van der Waals surface area contributed by atoms with Gasteiger partial charge >= 0.3 is 0 Å². The number of rotatable bonds is 4. The molecule has 2 aliphatic heterocycles. The quantitative estimate of drug-likeness (QED) is 0.924. The highest BCUT2D eigenvalue weighted by molar-refractivity contribution is 5.61. The SMILES string of the molecule is c1nc(Nc2ccc3c(c2)OCCO3)cc(OC2CCOCC2)n1. The Bertz CT molecular complexity index is 704. The van der Waals surface area contributed by atoms with E-state index < -0.39 is 0 Å². The van der Waals surface area contributed by atoms with Gasteiger partial charge in [0.1, 0.15) is 31.5 Å². The van der Waals surface area contributed by atoms with Crippen molar-refractivity contribution in [2.45, 2.75) is 18.9 Å². The molecular weight excluding hydrogens is 310 g/mol. The predicted molar refractivity (Wildman–Crippen MR) is 87.2 cm³/mol. The van der Waals surface area contributed by atoms with Gasteiger partial charge in [-0.05, 0) is 12.1 Å². The van der Waals surface area contributed by atoms with Crippen LogP contribution in [0, 0.1) is 0 Å². The van der Waals surface area contributed by atoms with Crippen molar-refractivity contribution in [1.82, 2.24) is 9.97 Å². The third-order valence-corrected chi connectivity index (χ3v) is 3.91. The number of benzene rings is 1. The molecule has 1 N–H and O–H groups in total. The monoisotopic (exact) mass is 329 g/mol. The first kappa shape index (κ1) is 15.0. The summed E-state index contributed by atoms with van der Waals surface area (Å²) >= 11 is 0. The lowest BCUT2D eigenvalue weighted by Crippen LogP contribution is -2.26. The van der Waals surface area contributed by atoms with Crippen LogP contribution in [0.5, 0.6) is 17.4 Å². The second-order valence-corrected chi connectivity index (χ2v) is 5.65. The average Bonchev–Trinajstić information content (AvgIpc) is 2.63. The maximum absolute atomic E-state index is 5.91. The number of hydrogen-bond donors (Lipinski definition) is 1. The molecule has 0 radical (unpaired) electrons. The Labute approximate surface area is 139 Å². The molecular formula is C17H19N3O4. The van der Waals surface area contributed by atoms with Gasteiger partial charge in [0, 0.05) is 30.7 Å². The molecule has 1 aromatic heterocycles. The van der Waals surface area contributed by atoms with Crippen LogP contribution < -0.4 is 19.5 Å². The van der Waals surface area contributed by atoms with Crippen molar-refractivity contribution in [3.63, 3.8) is 0 Å². The van der Waals surface area contributed by atoms with Crippen LogP contribution in [0.15, 0.2) is 30.6 Å². The van der Waals surface area contributed by atoms with E-state index in [2.05, 4.69) is 15.3 Å². The Morgan fingerprint density at radius 3 is 2.67 bits per heavy atom. The molecule has 0 saturated carbocycles. The van der Waals surface area contributed by atoms with Crippen molar-refractivity contribution in [3.8, 4) is 17.4 Å². The minimum atomic E-state index is 0.149. The molecule has 0 aliphatic carbocycles. The number of fused-ring (bicyclic) bond motifs is 1. The van der Waals surface area contributed by atoms with Crippen molar-refractivity contribution >= 4 is 11.5 Å². The summed E-state index contributed by atoms with van der Waals surface area (Å²) in [5.41, 5.74) is 0.870. The minimum absolute atomic E-state index is 0.149. The normalized spacial score (nSPS) is 17.3. The summed E-state index contributed by atoms with van der Waals surface area (Å²) in [6, 6.07) is 7.51.